The third-order valence-corrected chi connectivity index (χ3v) is 2.56. The summed E-state index contributed by atoms with van der Waals surface area (Å²) < 4.78 is 9.84. The topological polar surface area (TPSA) is 64.4 Å². The number of nitrogens with one attached hydrogen (secondary N) is 1. The van der Waals surface area contributed by atoms with Gasteiger partial charge in [-0.2, -0.15) is 0 Å². The summed E-state index contributed by atoms with van der Waals surface area (Å²) in [4.78, 5) is 15.3. The first-order valence-corrected chi connectivity index (χ1v) is 5.05. The second-order valence-corrected chi connectivity index (χ2v) is 3.61. The highest BCUT2D eigenvalue weighted by atomic mass is 35.5. The van der Waals surface area contributed by atoms with Crippen LogP contribution in [-0.4, -0.2) is 31.2 Å². The summed E-state index contributed by atoms with van der Waals surface area (Å²) in [5.41, 5.74) is 0.248. The molecule has 2 heterocycles. The summed E-state index contributed by atoms with van der Waals surface area (Å²) in [6.07, 6.45) is 3.52. The number of ether oxygens (including phenoxy) is 1. The van der Waals surface area contributed by atoms with Crippen molar-refractivity contribution in [2.75, 3.05) is 20.2 Å². The van der Waals surface area contributed by atoms with E-state index in [2.05, 4.69) is 15.0 Å². The van der Waals surface area contributed by atoms with Crippen LogP contribution in [-0.2, 0) is 4.74 Å². The number of rotatable bonds is 2. The lowest BCUT2D eigenvalue weighted by Gasteiger charge is -2.19. The van der Waals surface area contributed by atoms with Gasteiger partial charge in [-0.1, -0.05) is 0 Å². The standard InChI is InChI=1S/C10H14N2O3.ClH/c1-14-10(13)8-6-15-9(12-8)7-3-2-4-11-5-7;/h6-7,11H,2-5H2,1H3;1H. The molecule has 0 bridgehead atoms. The molecule has 1 aliphatic heterocycles. The van der Waals surface area contributed by atoms with Gasteiger partial charge in [0.05, 0.1) is 7.11 Å². The molecule has 0 spiro atoms. The molecule has 0 radical (unpaired) electrons. The Hall–Kier alpha value is -1.07. The Morgan fingerprint density at radius 1 is 1.69 bits per heavy atom. The molecule has 0 aromatic carbocycles. The number of methoxy groups -OCH3 is 1. The number of nitrogens with zero attached hydrogens (tertiary/aromatic N) is 1. The molecule has 16 heavy (non-hydrogen) atoms. The molecule has 1 aromatic heterocycles. The van der Waals surface area contributed by atoms with Crippen molar-refractivity contribution < 1.29 is 13.9 Å². The lowest BCUT2D eigenvalue weighted by molar-refractivity contribution is 0.0594. The van der Waals surface area contributed by atoms with Crippen molar-refractivity contribution in [2.24, 2.45) is 0 Å². The summed E-state index contributed by atoms with van der Waals surface area (Å²) in [5, 5.41) is 3.27. The zero-order valence-corrected chi connectivity index (χ0v) is 9.88. The van der Waals surface area contributed by atoms with Gasteiger partial charge in [-0.25, -0.2) is 9.78 Å². The number of carbonyl (C=O) groups is 1. The number of oxazole rings is 1. The average Bonchev–Trinajstić information content (AvgIpc) is 2.78. The summed E-state index contributed by atoms with van der Waals surface area (Å²) in [5.74, 6) is 0.452. The van der Waals surface area contributed by atoms with Crippen LogP contribution >= 0.6 is 12.4 Å². The Kier molecular flexibility index (Phi) is 4.76. The molecule has 2 rings (SSSR count). The fourth-order valence-electron chi connectivity index (χ4n) is 1.74. The minimum atomic E-state index is -0.450. The molecule has 90 valence electrons. The third-order valence-electron chi connectivity index (χ3n) is 2.56. The molecule has 5 nitrogen and oxygen atoms in total. The molecule has 1 unspecified atom stereocenters. The fourth-order valence-corrected chi connectivity index (χ4v) is 1.74. The van der Waals surface area contributed by atoms with Crippen LogP contribution in [0.25, 0.3) is 0 Å². The van der Waals surface area contributed by atoms with E-state index in [-0.39, 0.29) is 24.0 Å². The number of esters is 1. The van der Waals surface area contributed by atoms with E-state index in [1.54, 1.807) is 0 Å². The van der Waals surface area contributed by atoms with Crippen molar-refractivity contribution >= 4 is 18.4 Å². The third kappa shape index (κ3) is 2.74. The van der Waals surface area contributed by atoms with E-state index >= 15 is 0 Å². The van der Waals surface area contributed by atoms with Crippen molar-refractivity contribution in [3.8, 4) is 0 Å². The quantitative estimate of drug-likeness (QED) is 0.798. The average molecular weight is 247 g/mol. The zero-order chi connectivity index (χ0) is 10.7. The second kappa shape index (κ2) is 5.86. The lowest BCUT2D eigenvalue weighted by atomic mass is 10.00. The number of hydrogen-bond donors (Lipinski definition) is 1. The summed E-state index contributed by atoms with van der Waals surface area (Å²) >= 11 is 0. The summed E-state index contributed by atoms with van der Waals surface area (Å²) in [7, 11) is 1.33. The minimum Gasteiger partial charge on any atom is -0.464 e. The van der Waals surface area contributed by atoms with E-state index < -0.39 is 5.97 Å². The maximum atomic E-state index is 11.1. The number of halogens is 1. The Bertz CT molecular complexity index is 348. The molecule has 1 N–H and O–H groups in total. The molecule has 1 fully saturated rings. The second-order valence-electron chi connectivity index (χ2n) is 3.61. The minimum absolute atomic E-state index is 0. The Balaban J connectivity index is 0.00000128. The monoisotopic (exact) mass is 246 g/mol. The highest BCUT2D eigenvalue weighted by Crippen LogP contribution is 2.22. The molecule has 1 atom stereocenters. The van der Waals surface area contributed by atoms with E-state index in [9.17, 15) is 4.79 Å². The molecule has 0 amide bonds. The molecular weight excluding hydrogens is 232 g/mol. The van der Waals surface area contributed by atoms with Crippen molar-refractivity contribution in [1.82, 2.24) is 10.3 Å². The molecule has 6 heteroatoms. The van der Waals surface area contributed by atoms with Gasteiger partial charge < -0.3 is 14.5 Å². The van der Waals surface area contributed by atoms with Gasteiger partial charge in [-0.15, -0.1) is 12.4 Å². The molecule has 0 saturated carbocycles. The van der Waals surface area contributed by atoms with E-state index in [1.807, 2.05) is 0 Å². The summed E-state index contributed by atoms with van der Waals surface area (Å²) in [6.45, 7) is 1.90. The van der Waals surface area contributed by atoms with Gasteiger partial charge in [-0.3, -0.25) is 0 Å². The number of piperidine rings is 1. The molecule has 1 saturated heterocycles. The number of aromatic nitrogens is 1. The Labute approximate surface area is 100.0 Å². The van der Waals surface area contributed by atoms with Gasteiger partial charge in [-0.05, 0) is 19.4 Å². The molecule has 1 aliphatic rings. The van der Waals surface area contributed by atoms with Gasteiger partial charge in [0.25, 0.3) is 0 Å². The van der Waals surface area contributed by atoms with E-state index in [0.29, 0.717) is 5.89 Å². The van der Waals surface area contributed by atoms with Crippen LogP contribution in [0.4, 0.5) is 0 Å². The van der Waals surface area contributed by atoms with Crippen LogP contribution in [0.5, 0.6) is 0 Å². The molecule has 1 aromatic rings. The fraction of sp³-hybridized carbons (Fsp3) is 0.600. The van der Waals surface area contributed by atoms with Gasteiger partial charge >= 0.3 is 5.97 Å². The largest absolute Gasteiger partial charge is 0.464 e. The highest BCUT2D eigenvalue weighted by Gasteiger charge is 2.21. The first-order chi connectivity index (χ1) is 7.31. The van der Waals surface area contributed by atoms with E-state index in [0.717, 1.165) is 25.9 Å². The van der Waals surface area contributed by atoms with Crippen LogP contribution < -0.4 is 5.32 Å². The van der Waals surface area contributed by atoms with E-state index in [4.69, 9.17) is 4.42 Å². The highest BCUT2D eigenvalue weighted by molar-refractivity contribution is 5.86. The predicted octanol–water partition coefficient (Wildman–Crippen LogP) is 1.35. The predicted molar refractivity (Wildman–Crippen MR) is 59.9 cm³/mol. The van der Waals surface area contributed by atoms with Crippen LogP contribution in [0, 0.1) is 0 Å². The van der Waals surface area contributed by atoms with Gasteiger partial charge in [0.1, 0.15) is 6.26 Å². The first kappa shape index (κ1) is 13.0. The summed E-state index contributed by atoms with van der Waals surface area (Å²) in [6, 6.07) is 0. The smallest absolute Gasteiger partial charge is 0.360 e. The van der Waals surface area contributed by atoms with Gasteiger partial charge in [0.2, 0.25) is 0 Å². The zero-order valence-electron chi connectivity index (χ0n) is 9.06. The van der Waals surface area contributed by atoms with Gasteiger partial charge in [0, 0.05) is 12.5 Å². The van der Waals surface area contributed by atoms with E-state index in [1.165, 1.54) is 13.4 Å². The molecule has 0 aliphatic carbocycles. The van der Waals surface area contributed by atoms with Crippen molar-refractivity contribution in [3.05, 3.63) is 17.8 Å². The molecular formula is C10H15ClN2O3. The number of hydrogen-bond acceptors (Lipinski definition) is 5. The van der Waals surface area contributed by atoms with Gasteiger partial charge in [0.15, 0.2) is 11.6 Å². The van der Waals surface area contributed by atoms with Crippen molar-refractivity contribution in [3.63, 3.8) is 0 Å². The maximum Gasteiger partial charge on any atom is 0.360 e. The van der Waals surface area contributed by atoms with Crippen molar-refractivity contribution in [2.45, 2.75) is 18.8 Å². The normalized spacial score (nSPS) is 19.9. The maximum absolute atomic E-state index is 11.1. The van der Waals surface area contributed by atoms with Crippen LogP contribution in [0.3, 0.4) is 0 Å². The lowest BCUT2D eigenvalue weighted by Crippen LogP contribution is -2.28. The SMILES string of the molecule is COC(=O)c1coc(C2CCCNC2)n1.Cl. The first-order valence-electron chi connectivity index (χ1n) is 5.05. The Morgan fingerprint density at radius 2 is 2.50 bits per heavy atom. The number of carbonyl (C=O) groups excluding carboxylic acids is 1. The van der Waals surface area contributed by atoms with Crippen LogP contribution in [0.15, 0.2) is 10.7 Å². The van der Waals surface area contributed by atoms with Crippen LogP contribution in [0.1, 0.15) is 35.1 Å². The van der Waals surface area contributed by atoms with Crippen molar-refractivity contribution in [1.29, 1.82) is 0 Å². The van der Waals surface area contributed by atoms with Crippen LogP contribution in [0.2, 0.25) is 0 Å². The Morgan fingerprint density at radius 3 is 3.12 bits per heavy atom.